The number of rotatable bonds is 1. The van der Waals surface area contributed by atoms with Crippen molar-refractivity contribution in [3.05, 3.63) is 29.3 Å². The van der Waals surface area contributed by atoms with Gasteiger partial charge in [0.1, 0.15) is 0 Å². The second kappa shape index (κ2) is 6.38. The third-order valence-corrected chi connectivity index (χ3v) is 4.30. The van der Waals surface area contributed by atoms with E-state index in [1.165, 1.54) is 0 Å². The van der Waals surface area contributed by atoms with E-state index in [-0.39, 0.29) is 17.5 Å². The van der Waals surface area contributed by atoms with Crippen molar-refractivity contribution in [2.75, 3.05) is 6.54 Å². The molecule has 0 aliphatic carbocycles. The Morgan fingerprint density at radius 1 is 1.27 bits per heavy atom. The molecule has 0 radical (unpaired) electrons. The molecule has 1 aliphatic rings. The van der Waals surface area contributed by atoms with Gasteiger partial charge in [0.05, 0.1) is 5.69 Å². The highest BCUT2D eigenvalue weighted by atomic mass is 16.2. The zero-order chi connectivity index (χ0) is 16.3. The summed E-state index contributed by atoms with van der Waals surface area (Å²) in [4.78, 5) is 18.7. The van der Waals surface area contributed by atoms with Gasteiger partial charge in [-0.05, 0) is 58.1 Å². The molecule has 2 amide bonds. The van der Waals surface area contributed by atoms with Crippen LogP contribution in [-0.4, -0.2) is 29.0 Å². The first-order chi connectivity index (χ1) is 10.3. The lowest BCUT2D eigenvalue weighted by Gasteiger charge is -2.42. The summed E-state index contributed by atoms with van der Waals surface area (Å²) in [7, 11) is 0. The van der Waals surface area contributed by atoms with Crippen LogP contribution in [0, 0.1) is 13.8 Å². The number of nitrogens with two attached hydrogens (primary N) is 1. The van der Waals surface area contributed by atoms with E-state index in [1.807, 2.05) is 36.9 Å². The lowest BCUT2D eigenvalue weighted by molar-refractivity contribution is 0.106. The Morgan fingerprint density at radius 2 is 1.91 bits per heavy atom. The minimum Gasteiger partial charge on any atom is -0.369 e. The molecule has 2 rings (SSSR count). The highest BCUT2D eigenvalue weighted by Gasteiger charge is 2.33. The van der Waals surface area contributed by atoms with Gasteiger partial charge in [0.25, 0.3) is 0 Å². The minimum atomic E-state index is -0.169. The predicted octanol–water partition coefficient (Wildman–Crippen LogP) is 3.22. The molecule has 22 heavy (non-hydrogen) atoms. The van der Waals surface area contributed by atoms with Gasteiger partial charge in [0, 0.05) is 12.1 Å². The molecule has 120 valence electrons. The van der Waals surface area contributed by atoms with Gasteiger partial charge in [0.2, 0.25) is 5.96 Å². The summed E-state index contributed by atoms with van der Waals surface area (Å²) >= 11 is 0. The van der Waals surface area contributed by atoms with E-state index in [4.69, 9.17) is 5.73 Å². The Bertz CT molecular complexity index is 572. The van der Waals surface area contributed by atoms with Crippen molar-refractivity contribution < 1.29 is 4.79 Å². The highest BCUT2D eigenvalue weighted by Crippen LogP contribution is 2.27. The summed E-state index contributed by atoms with van der Waals surface area (Å²) in [6.07, 6.45) is 3.20. The normalized spacial score (nSPS) is 18.2. The van der Waals surface area contributed by atoms with E-state index in [2.05, 4.69) is 24.2 Å². The van der Waals surface area contributed by atoms with E-state index in [9.17, 15) is 4.79 Å². The number of para-hydroxylation sites is 1. The van der Waals surface area contributed by atoms with Crippen molar-refractivity contribution in [3.8, 4) is 0 Å². The minimum absolute atomic E-state index is 0.138. The van der Waals surface area contributed by atoms with Gasteiger partial charge in [0.15, 0.2) is 0 Å². The molecule has 0 spiro atoms. The largest absolute Gasteiger partial charge is 0.369 e. The Labute approximate surface area is 132 Å². The second-order valence-corrected chi connectivity index (χ2v) is 6.59. The summed E-state index contributed by atoms with van der Waals surface area (Å²) < 4.78 is 0. The fraction of sp³-hybridized carbons (Fsp3) is 0.529. The number of carbonyl (C=O) groups is 1. The smallest absolute Gasteiger partial charge is 0.324 e. The summed E-state index contributed by atoms with van der Waals surface area (Å²) in [5, 5.41) is 2.72. The number of urea groups is 1. The second-order valence-electron chi connectivity index (χ2n) is 6.59. The number of carbonyl (C=O) groups excluding carboxylic acids is 1. The molecule has 1 fully saturated rings. The van der Waals surface area contributed by atoms with E-state index >= 15 is 0 Å². The third-order valence-electron chi connectivity index (χ3n) is 4.30. The van der Waals surface area contributed by atoms with E-state index in [0.717, 1.165) is 42.6 Å². The number of aliphatic imine (C=N–C) groups is 1. The number of hydrogen-bond donors (Lipinski definition) is 2. The Morgan fingerprint density at radius 3 is 2.50 bits per heavy atom. The van der Waals surface area contributed by atoms with E-state index < -0.39 is 0 Å². The average molecular weight is 302 g/mol. The summed E-state index contributed by atoms with van der Waals surface area (Å²) in [6.45, 7) is 8.90. The van der Waals surface area contributed by atoms with Gasteiger partial charge in [-0.2, -0.15) is 0 Å². The maximum Gasteiger partial charge on any atom is 0.324 e. The van der Waals surface area contributed by atoms with E-state index in [0.29, 0.717) is 0 Å². The standard InChI is InChI=1S/C17H26N4O/c1-12-8-7-9-13(2)14(12)19-15(18)20-16(22)21-11-6-5-10-17(21,3)4/h7-9H,5-6,10-11H2,1-4H3,(H3,18,19,20,22). The monoisotopic (exact) mass is 302 g/mol. The molecule has 1 aromatic carbocycles. The van der Waals surface area contributed by atoms with Crippen molar-refractivity contribution >= 4 is 17.7 Å². The number of likely N-dealkylation sites (tertiary alicyclic amines) is 1. The zero-order valence-electron chi connectivity index (χ0n) is 13.9. The quantitative estimate of drug-likeness (QED) is 0.617. The first kappa shape index (κ1) is 16.3. The number of benzene rings is 1. The topological polar surface area (TPSA) is 70.7 Å². The SMILES string of the molecule is Cc1cccc(C)c1N=C(N)NC(=O)N1CCCCC1(C)C. The molecule has 0 unspecified atom stereocenters. The lowest BCUT2D eigenvalue weighted by Crippen LogP contribution is -2.56. The maximum absolute atomic E-state index is 12.4. The van der Waals surface area contributed by atoms with Gasteiger partial charge >= 0.3 is 6.03 Å². The van der Waals surface area contributed by atoms with Crippen molar-refractivity contribution in [1.82, 2.24) is 10.2 Å². The van der Waals surface area contributed by atoms with Crippen LogP contribution in [0.15, 0.2) is 23.2 Å². The fourth-order valence-corrected chi connectivity index (χ4v) is 2.95. The van der Waals surface area contributed by atoms with Crippen LogP contribution in [0.1, 0.15) is 44.2 Å². The number of amides is 2. The molecule has 5 nitrogen and oxygen atoms in total. The number of piperidine rings is 1. The molecule has 0 aromatic heterocycles. The Hall–Kier alpha value is -2.04. The van der Waals surface area contributed by atoms with Crippen molar-refractivity contribution in [2.45, 2.75) is 52.5 Å². The van der Waals surface area contributed by atoms with Crippen molar-refractivity contribution in [2.24, 2.45) is 10.7 Å². The molecule has 1 aliphatic heterocycles. The molecule has 0 saturated carbocycles. The Kier molecular flexibility index (Phi) is 4.74. The first-order valence-corrected chi connectivity index (χ1v) is 7.80. The molecular formula is C17H26N4O. The molecule has 3 N–H and O–H groups in total. The zero-order valence-corrected chi connectivity index (χ0v) is 13.9. The highest BCUT2D eigenvalue weighted by molar-refractivity contribution is 5.97. The van der Waals surface area contributed by atoms with Crippen LogP contribution in [0.25, 0.3) is 0 Å². The van der Waals surface area contributed by atoms with Gasteiger partial charge in [-0.15, -0.1) is 0 Å². The molecular weight excluding hydrogens is 276 g/mol. The molecule has 1 aromatic rings. The van der Waals surface area contributed by atoms with Crippen molar-refractivity contribution in [1.29, 1.82) is 0 Å². The van der Waals surface area contributed by atoms with Crippen LogP contribution in [0.3, 0.4) is 0 Å². The van der Waals surface area contributed by atoms with Crippen LogP contribution in [-0.2, 0) is 0 Å². The van der Waals surface area contributed by atoms with E-state index in [1.54, 1.807) is 0 Å². The van der Waals surface area contributed by atoms with Crippen LogP contribution < -0.4 is 11.1 Å². The molecule has 0 atom stereocenters. The molecule has 1 saturated heterocycles. The average Bonchev–Trinajstić information content (AvgIpc) is 2.42. The summed E-state index contributed by atoms with van der Waals surface area (Å²) in [6, 6.07) is 5.77. The summed E-state index contributed by atoms with van der Waals surface area (Å²) in [5.41, 5.74) is 8.69. The maximum atomic E-state index is 12.4. The number of guanidine groups is 1. The summed E-state index contributed by atoms with van der Waals surface area (Å²) in [5.74, 6) is 0.142. The molecule has 5 heteroatoms. The third kappa shape index (κ3) is 3.59. The number of hydrogen-bond acceptors (Lipinski definition) is 2. The van der Waals surface area contributed by atoms with Crippen molar-refractivity contribution in [3.63, 3.8) is 0 Å². The van der Waals surface area contributed by atoms with Gasteiger partial charge in [-0.25, -0.2) is 9.79 Å². The van der Waals surface area contributed by atoms with Crippen LogP contribution in [0.2, 0.25) is 0 Å². The predicted molar refractivity (Wildman–Crippen MR) is 90.4 cm³/mol. The first-order valence-electron chi connectivity index (χ1n) is 7.80. The molecule has 1 heterocycles. The number of nitrogens with one attached hydrogen (secondary N) is 1. The number of nitrogens with zero attached hydrogens (tertiary/aromatic N) is 2. The van der Waals surface area contributed by atoms with Gasteiger partial charge in [-0.3, -0.25) is 5.32 Å². The Balaban J connectivity index is 2.12. The van der Waals surface area contributed by atoms with Crippen LogP contribution in [0.4, 0.5) is 10.5 Å². The van der Waals surface area contributed by atoms with Gasteiger partial charge < -0.3 is 10.6 Å². The number of aryl methyl sites for hydroxylation is 2. The van der Waals surface area contributed by atoms with Crippen LogP contribution in [0.5, 0.6) is 0 Å². The fourth-order valence-electron chi connectivity index (χ4n) is 2.95. The van der Waals surface area contributed by atoms with Crippen LogP contribution >= 0.6 is 0 Å². The van der Waals surface area contributed by atoms with Gasteiger partial charge in [-0.1, -0.05) is 18.2 Å². The molecule has 0 bridgehead atoms. The lowest BCUT2D eigenvalue weighted by atomic mass is 9.91.